The van der Waals surface area contributed by atoms with Gasteiger partial charge in [0.05, 0.1) is 5.69 Å². The number of aromatic nitrogens is 2. The lowest BCUT2D eigenvalue weighted by molar-refractivity contribution is 0.0944. The fraction of sp³-hybridized carbons (Fsp3) is 0.360. The van der Waals surface area contributed by atoms with Crippen LogP contribution in [-0.4, -0.2) is 28.4 Å². The normalized spacial score (nSPS) is 20.3. The highest BCUT2D eigenvalue weighted by Gasteiger charge is 2.32. The Balaban J connectivity index is 1.25. The Morgan fingerprint density at radius 3 is 2.52 bits per heavy atom. The Hall–Kier alpha value is -2.79. The van der Waals surface area contributed by atoms with Crippen LogP contribution in [0.3, 0.4) is 0 Å². The van der Waals surface area contributed by atoms with Crippen molar-refractivity contribution in [1.29, 1.82) is 0 Å². The molecule has 0 spiro atoms. The van der Waals surface area contributed by atoms with Gasteiger partial charge < -0.3 is 10.2 Å². The SMILES string of the molecule is CCc1nc2cc(Cl)ccn2c1C(=O)NCc1ccc(N2CC3CC=CCC3C2)cc1. The molecule has 0 bridgehead atoms. The van der Waals surface area contributed by atoms with Crippen molar-refractivity contribution < 1.29 is 4.79 Å². The maximum absolute atomic E-state index is 13.0. The first-order valence-corrected chi connectivity index (χ1v) is 11.4. The van der Waals surface area contributed by atoms with Gasteiger partial charge in [0.1, 0.15) is 11.3 Å². The van der Waals surface area contributed by atoms with Crippen LogP contribution in [0.2, 0.25) is 5.02 Å². The fourth-order valence-corrected chi connectivity index (χ4v) is 5.03. The van der Waals surface area contributed by atoms with Gasteiger partial charge >= 0.3 is 0 Å². The van der Waals surface area contributed by atoms with E-state index in [1.807, 2.05) is 11.3 Å². The van der Waals surface area contributed by atoms with Gasteiger partial charge in [0.25, 0.3) is 5.91 Å². The number of nitrogens with zero attached hydrogens (tertiary/aromatic N) is 3. The standard InChI is InChI=1S/C25H27ClN4O/c1-2-22-24(30-12-11-20(26)13-23(30)28-22)25(31)27-14-17-7-9-21(10-8-17)29-15-18-5-3-4-6-19(18)16-29/h3-4,7-13,18-19H,2,5-6,14-16H2,1H3,(H,27,31). The average Bonchev–Trinajstić information content (AvgIpc) is 3.38. The summed E-state index contributed by atoms with van der Waals surface area (Å²) in [6.45, 7) is 4.77. The first kappa shape index (κ1) is 20.1. The van der Waals surface area contributed by atoms with Crippen molar-refractivity contribution >= 4 is 28.8 Å². The number of anilines is 1. The van der Waals surface area contributed by atoms with Gasteiger partial charge in [-0.1, -0.05) is 42.8 Å². The third kappa shape index (κ3) is 3.94. The third-order valence-corrected chi connectivity index (χ3v) is 6.82. The van der Waals surface area contributed by atoms with Crippen LogP contribution in [-0.2, 0) is 13.0 Å². The summed E-state index contributed by atoms with van der Waals surface area (Å²) in [5.74, 6) is 1.46. The van der Waals surface area contributed by atoms with E-state index in [-0.39, 0.29) is 5.91 Å². The summed E-state index contributed by atoms with van der Waals surface area (Å²) in [5, 5.41) is 3.67. The quantitative estimate of drug-likeness (QED) is 0.582. The Morgan fingerprint density at radius 1 is 1.13 bits per heavy atom. The largest absolute Gasteiger partial charge is 0.371 e. The van der Waals surface area contributed by atoms with Crippen molar-refractivity contribution in [3.63, 3.8) is 0 Å². The molecule has 1 saturated heterocycles. The van der Waals surface area contributed by atoms with Crippen LogP contribution >= 0.6 is 11.6 Å². The second-order valence-electron chi connectivity index (χ2n) is 8.55. The van der Waals surface area contributed by atoms with Gasteiger partial charge in [-0.25, -0.2) is 4.98 Å². The van der Waals surface area contributed by atoms with E-state index in [0.717, 1.165) is 36.2 Å². The van der Waals surface area contributed by atoms with Crippen LogP contribution < -0.4 is 10.2 Å². The van der Waals surface area contributed by atoms with E-state index in [9.17, 15) is 4.79 Å². The number of allylic oxidation sites excluding steroid dienone is 2. The molecule has 1 amide bonds. The number of imidazole rings is 1. The van der Waals surface area contributed by atoms with E-state index in [4.69, 9.17) is 11.6 Å². The maximum Gasteiger partial charge on any atom is 0.270 e. The molecule has 1 aliphatic heterocycles. The molecule has 3 heterocycles. The Labute approximate surface area is 187 Å². The summed E-state index contributed by atoms with van der Waals surface area (Å²) in [7, 11) is 0. The maximum atomic E-state index is 13.0. The molecule has 2 aromatic heterocycles. The number of fused-ring (bicyclic) bond motifs is 2. The summed E-state index contributed by atoms with van der Waals surface area (Å²) in [6.07, 6.45) is 9.57. The molecule has 0 saturated carbocycles. The summed E-state index contributed by atoms with van der Waals surface area (Å²) in [6, 6.07) is 12.1. The number of rotatable bonds is 5. The molecule has 2 unspecified atom stereocenters. The molecule has 2 atom stereocenters. The van der Waals surface area contributed by atoms with E-state index in [1.165, 1.54) is 18.5 Å². The van der Waals surface area contributed by atoms with Gasteiger partial charge in [0, 0.05) is 42.6 Å². The molecule has 5 rings (SSSR count). The number of amides is 1. The van der Waals surface area contributed by atoms with Crippen LogP contribution in [0.1, 0.15) is 41.5 Å². The zero-order chi connectivity index (χ0) is 21.4. The highest BCUT2D eigenvalue weighted by atomic mass is 35.5. The molecule has 31 heavy (non-hydrogen) atoms. The van der Waals surface area contributed by atoms with E-state index in [0.29, 0.717) is 29.3 Å². The minimum absolute atomic E-state index is 0.119. The molecule has 1 fully saturated rings. The van der Waals surface area contributed by atoms with Crippen molar-refractivity contribution in [2.24, 2.45) is 11.8 Å². The highest BCUT2D eigenvalue weighted by Crippen LogP contribution is 2.35. The van der Waals surface area contributed by atoms with Crippen LogP contribution in [0.25, 0.3) is 5.65 Å². The van der Waals surface area contributed by atoms with Gasteiger partial charge in [-0.3, -0.25) is 9.20 Å². The lowest BCUT2D eigenvalue weighted by atomic mass is 9.86. The molecule has 1 aromatic carbocycles. The predicted octanol–water partition coefficient (Wildman–Crippen LogP) is 4.88. The number of halogens is 1. The second-order valence-corrected chi connectivity index (χ2v) is 8.99. The average molecular weight is 435 g/mol. The van der Waals surface area contributed by atoms with Gasteiger partial charge in [-0.15, -0.1) is 0 Å². The number of pyridine rings is 1. The topological polar surface area (TPSA) is 49.6 Å². The minimum atomic E-state index is -0.119. The first-order valence-electron chi connectivity index (χ1n) is 11.1. The molecule has 2 aliphatic rings. The van der Waals surface area contributed by atoms with Gasteiger partial charge in [0.15, 0.2) is 0 Å². The van der Waals surface area contributed by atoms with Gasteiger partial charge in [0.2, 0.25) is 0 Å². The second kappa shape index (κ2) is 8.39. The lowest BCUT2D eigenvalue weighted by Crippen LogP contribution is -2.25. The van der Waals surface area contributed by atoms with Gasteiger partial charge in [-0.05, 0) is 54.9 Å². The van der Waals surface area contributed by atoms with E-state index in [1.54, 1.807) is 18.3 Å². The van der Waals surface area contributed by atoms with E-state index >= 15 is 0 Å². The lowest BCUT2D eigenvalue weighted by Gasteiger charge is -2.19. The fourth-order valence-electron chi connectivity index (χ4n) is 4.87. The van der Waals surface area contributed by atoms with Crippen molar-refractivity contribution in [2.75, 3.05) is 18.0 Å². The number of carbonyl (C=O) groups excluding carboxylic acids is 1. The van der Waals surface area contributed by atoms with E-state index in [2.05, 4.69) is 51.6 Å². The molecular formula is C25H27ClN4O. The number of benzene rings is 1. The number of aryl methyl sites for hydroxylation is 1. The first-order chi connectivity index (χ1) is 15.1. The van der Waals surface area contributed by atoms with Crippen molar-refractivity contribution in [2.45, 2.75) is 32.7 Å². The predicted molar refractivity (Wildman–Crippen MR) is 125 cm³/mol. The van der Waals surface area contributed by atoms with E-state index < -0.39 is 0 Å². The third-order valence-electron chi connectivity index (χ3n) is 6.59. The number of hydrogen-bond acceptors (Lipinski definition) is 3. The Bertz CT molecular complexity index is 1120. The molecule has 6 heteroatoms. The molecule has 160 valence electrons. The molecule has 5 nitrogen and oxygen atoms in total. The smallest absolute Gasteiger partial charge is 0.270 e. The monoisotopic (exact) mass is 434 g/mol. The highest BCUT2D eigenvalue weighted by molar-refractivity contribution is 6.30. The molecule has 3 aromatic rings. The van der Waals surface area contributed by atoms with Gasteiger partial charge in [-0.2, -0.15) is 0 Å². The number of nitrogens with one attached hydrogen (secondary N) is 1. The summed E-state index contributed by atoms with van der Waals surface area (Å²) >= 11 is 6.08. The van der Waals surface area contributed by atoms with Crippen LogP contribution in [0.5, 0.6) is 0 Å². The summed E-state index contributed by atoms with van der Waals surface area (Å²) < 4.78 is 1.81. The number of hydrogen-bond donors (Lipinski definition) is 1. The van der Waals surface area contributed by atoms with Crippen molar-refractivity contribution in [1.82, 2.24) is 14.7 Å². The number of carbonyl (C=O) groups is 1. The molecular weight excluding hydrogens is 408 g/mol. The van der Waals surface area contributed by atoms with Crippen LogP contribution in [0.4, 0.5) is 5.69 Å². The zero-order valence-corrected chi connectivity index (χ0v) is 18.5. The van der Waals surface area contributed by atoms with Crippen LogP contribution in [0, 0.1) is 11.8 Å². The zero-order valence-electron chi connectivity index (χ0n) is 17.7. The Morgan fingerprint density at radius 2 is 1.84 bits per heavy atom. The molecule has 1 aliphatic carbocycles. The van der Waals surface area contributed by atoms with Crippen LogP contribution in [0.15, 0.2) is 54.7 Å². The van der Waals surface area contributed by atoms with Crippen molar-refractivity contribution in [3.05, 3.63) is 76.7 Å². The summed E-state index contributed by atoms with van der Waals surface area (Å²) in [4.78, 5) is 20.0. The van der Waals surface area contributed by atoms with Crippen molar-refractivity contribution in [3.8, 4) is 0 Å². The molecule has 0 radical (unpaired) electrons. The Kier molecular flexibility index (Phi) is 5.45. The minimum Gasteiger partial charge on any atom is -0.371 e. The summed E-state index contributed by atoms with van der Waals surface area (Å²) in [5.41, 5.74) is 4.42. The molecule has 1 N–H and O–H groups in total.